The summed E-state index contributed by atoms with van der Waals surface area (Å²) in [5.74, 6) is -3.39. The summed E-state index contributed by atoms with van der Waals surface area (Å²) < 4.78 is 5.18. The number of carbonyl (C=O) groups excluding carboxylic acids is 1. The van der Waals surface area contributed by atoms with Gasteiger partial charge in [0.2, 0.25) is 0 Å². The van der Waals surface area contributed by atoms with E-state index in [2.05, 4.69) is 6.58 Å². The molecule has 2 N–H and O–H groups in total. The molecule has 0 bridgehead atoms. The first-order chi connectivity index (χ1) is 9.79. The fourth-order valence-electron chi connectivity index (χ4n) is 1.85. The van der Waals surface area contributed by atoms with Gasteiger partial charge in [0.1, 0.15) is 6.10 Å². The van der Waals surface area contributed by atoms with E-state index in [-0.39, 0.29) is 22.3 Å². The van der Waals surface area contributed by atoms with Crippen molar-refractivity contribution in [2.75, 3.05) is 0 Å². The third-order valence-electron chi connectivity index (χ3n) is 2.86. The molecule has 0 heterocycles. The molecule has 1 atom stereocenters. The standard InChI is InChI=1S/C15H16O6/c1-4-11(21-15(20)8(2)3)9-6-5-7-10(13(16)17)12(9)14(18)19/h5-7,11H,2,4H2,1,3H3,(H,16,17)(H,18,19). The van der Waals surface area contributed by atoms with Gasteiger partial charge in [0, 0.05) is 11.1 Å². The van der Waals surface area contributed by atoms with Gasteiger partial charge in [-0.3, -0.25) is 0 Å². The Kier molecular flexibility index (Phi) is 5.24. The number of carboxylic acid groups (broad SMARTS) is 2. The van der Waals surface area contributed by atoms with Crippen molar-refractivity contribution in [3.63, 3.8) is 0 Å². The number of carboxylic acids is 2. The smallest absolute Gasteiger partial charge is 0.336 e. The lowest BCUT2D eigenvalue weighted by Crippen LogP contribution is -2.17. The molecule has 1 rings (SSSR count). The maximum absolute atomic E-state index is 11.6. The van der Waals surface area contributed by atoms with Gasteiger partial charge >= 0.3 is 17.9 Å². The molecule has 6 nitrogen and oxygen atoms in total. The van der Waals surface area contributed by atoms with Gasteiger partial charge in [0.05, 0.1) is 11.1 Å². The van der Waals surface area contributed by atoms with Crippen LogP contribution in [0.4, 0.5) is 0 Å². The SMILES string of the molecule is C=C(C)C(=O)OC(CC)c1cccc(C(=O)O)c1C(=O)O. The van der Waals surface area contributed by atoms with Crippen molar-refractivity contribution < 1.29 is 29.3 Å². The number of esters is 1. The summed E-state index contributed by atoms with van der Waals surface area (Å²) in [5, 5.41) is 18.3. The van der Waals surface area contributed by atoms with E-state index in [1.165, 1.54) is 25.1 Å². The lowest BCUT2D eigenvalue weighted by atomic mass is 9.95. The molecular formula is C15H16O6. The highest BCUT2D eigenvalue weighted by Crippen LogP contribution is 2.28. The number of hydrogen-bond acceptors (Lipinski definition) is 4. The Morgan fingerprint density at radius 1 is 1.24 bits per heavy atom. The molecular weight excluding hydrogens is 276 g/mol. The predicted molar refractivity (Wildman–Crippen MR) is 74.3 cm³/mol. The van der Waals surface area contributed by atoms with Crippen LogP contribution in [0.25, 0.3) is 0 Å². The van der Waals surface area contributed by atoms with Gasteiger partial charge in [-0.05, 0) is 19.4 Å². The van der Waals surface area contributed by atoms with Crippen molar-refractivity contribution in [3.8, 4) is 0 Å². The third kappa shape index (κ3) is 3.68. The van der Waals surface area contributed by atoms with E-state index in [0.717, 1.165) is 0 Å². The van der Waals surface area contributed by atoms with E-state index in [4.69, 9.17) is 9.84 Å². The van der Waals surface area contributed by atoms with Crippen LogP contribution in [0.3, 0.4) is 0 Å². The van der Waals surface area contributed by atoms with Crippen molar-refractivity contribution in [1.29, 1.82) is 0 Å². The van der Waals surface area contributed by atoms with E-state index < -0.39 is 24.0 Å². The fourth-order valence-corrected chi connectivity index (χ4v) is 1.85. The minimum atomic E-state index is -1.38. The molecule has 0 radical (unpaired) electrons. The molecule has 1 unspecified atom stereocenters. The maximum atomic E-state index is 11.6. The molecule has 0 aliphatic rings. The molecule has 0 aromatic heterocycles. The minimum absolute atomic E-state index is 0.152. The van der Waals surface area contributed by atoms with Gasteiger partial charge in [-0.1, -0.05) is 25.6 Å². The van der Waals surface area contributed by atoms with Gasteiger partial charge in [-0.2, -0.15) is 0 Å². The van der Waals surface area contributed by atoms with Gasteiger partial charge < -0.3 is 14.9 Å². The highest BCUT2D eigenvalue weighted by Gasteiger charge is 2.26. The van der Waals surface area contributed by atoms with Crippen LogP contribution in [0.2, 0.25) is 0 Å². The largest absolute Gasteiger partial charge is 0.478 e. The third-order valence-corrected chi connectivity index (χ3v) is 2.86. The average Bonchev–Trinajstić information content (AvgIpc) is 2.43. The van der Waals surface area contributed by atoms with E-state index in [0.29, 0.717) is 6.42 Å². The number of ether oxygens (including phenoxy) is 1. The zero-order valence-corrected chi connectivity index (χ0v) is 11.8. The number of carbonyl (C=O) groups is 3. The molecule has 21 heavy (non-hydrogen) atoms. The van der Waals surface area contributed by atoms with Crippen LogP contribution in [0.15, 0.2) is 30.4 Å². The Balaban J connectivity index is 3.36. The number of rotatable bonds is 6. The van der Waals surface area contributed by atoms with Crippen LogP contribution in [0, 0.1) is 0 Å². The van der Waals surface area contributed by atoms with Crippen molar-refractivity contribution >= 4 is 17.9 Å². The van der Waals surface area contributed by atoms with Gasteiger partial charge in [-0.15, -0.1) is 0 Å². The number of aromatic carboxylic acids is 2. The molecule has 0 spiro atoms. The fraction of sp³-hybridized carbons (Fsp3) is 0.267. The Morgan fingerprint density at radius 2 is 1.86 bits per heavy atom. The molecule has 0 saturated heterocycles. The summed E-state index contributed by atoms with van der Waals surface area (Å²) in [7, 11) is 0. The van der Waals surface area contributed by atoms with Crippen LogP contribution in [-0.2, 0) is 9.53 Å². The summed E-state index contributed by atoms with van der Waals surface area (Å²) in [4.78, 5) is 34.1. The highest BCUT2D eigenvalue weighted by molar-refractivity contribution is 6.03. The zero-order valence-electron chi connectivity index (χ0n) is 11.8. The van der Waals surface area contributed by atoms with E-state index in [9.17, 15) is 19.5 Å². The predicted octanol–water partition coefficient (Wildman–Crippen LogP) is 2.65. The Bertz CT molecular complexity index is 602. The average molecular weight is 292 g/mol. The Labute approximate surface area is 121 Å². The van der Waals surface area contributed by atoms with E-state index >= 15 is 0 Å². The first-order valence-electron chi connectivity index (χ1n) is 6.25. The van der Waals surface area contributed by atoms with Crippen LogP contribution in [-0.4, -0.2) is 28.1 Å². The molecule has 112 valence electrons. The molecule has 0 aliphatic heterocycles. The van der Waals surface area contributed by atoms with Crippen molar-refractivity contribution in [2.24, 2.45) is 0 Å². The first kappa shape index (κ1) is 16.4. The molecule has 0 fully saturated rings. The second-order valence-electron chi connectivity index (χ2n) is 4.46. The number of benzene rings is 1. The summed E-state index contributed by atoms with van der Waals surface area (Å²) in [5.41, 5.74) is -0.379. The quantitative estimate of drug-likeness (QED) is 0.617. The molecule has 0 saturated carbocycles. The zero-order chi connectivity index (χ0) is 16.2. The van der Waals surface area contributed by atoms with Crippen LogP contribution in [0.5, 0.6) is 0 Å². The summed E-state index contributed by atoms with van der Waals surface area (Å²) in [6, 6.07) is 4.06. The maximum Gasteiger partial charge on any atom is 0.336 e. The van der Waals surface area contributed by atoms with Crippen molar-refractivity contribution in [3.05, 3.63) is 47.0 Å². The molecule has 1 aromatic carbocycles. The van der Waals surface area contributed by atoms with Crippen molar-refractivity contribution in [1.82, 2.24) is 0 Å². The lowest BCUT2D eigenvalue weighted by Gasteiger charge is -2.19. The van der Waals surface area contributed by atoms with Crippen LogP contribution >= 0.6 is 0 Å². The molecule has 6 heteroatoms. The van der Waals surface area contributed by atoms with Crippen molar-refractivity contribution in [2.45, 2.75) is 26.4 Å². The normalized spacial score (nSPS) is 11.5. The first-order valence-corrected chi connectivity index (χ1v) is 6.25. The summed E-state index contributed by atoms with van der Waals surface area (Å²) in [6.45, 7) is 6.63. The Morgan fingerprint density at radius 3 is 2.29 bits per heavy atom. The van der Waals surface area contributed by atoms with E-state index in [1.54, 1.807) is 6.92 Å². The monoisotopic (exact) mass is 292 g/mol. The lowest BCUT2D eigenvalue weighted by molar-refractivity contribution is -0.144. The minimum Gasteiger partial charge on any atom is -0.478 e. The van der Waals surface area contributed by atoms with Crippen LogP contribution in [0.1, 0.15) is 52.7 Å². The number of hydrogen-bond donors (Lipinski definition) is 2. The summed E-state index contributed by atoms with van der Waals surface area (Å²) >= 11 is 0. The molecule has 0 aliphatic carbocycles. The van der Waals surface area contributed by atoms with Gasteiger partial charge in [-0.25, -0.2) is 14.4 Å². The molecule has 0 amide bonds. The summed E-state index contributed by atoms with van der Waals surface area (Å²) in [6.07, 6.45) is -0.540. The van der Waals surface area contributed by atoms with E-state index in [1.807, 2.05) is 0 Å². The Hall–Kier alpha value is -2.63. The highest BCUT2D eigenvalue weighted by atomic mass is 16.5. The van der Waals surface area contributed by atoms with Crippen LogP contribution < -0.4 is 0 Å². The van der Waals surface area contributed by atoms with Gasteiger partial charge in [0.25, 0.3) is 0 Å². The second kappa shape index (κ2) is 6.69. The topological polar surface area (TPSA) is 101 Å². The second-order valence-corrected chi connectivity index (χ2v) is 4.46. The molecule has 1 aromatic rings. The van der Waals surface area contributed by atoms with Gasteiger partial charge in [0.15, 0.2) is 0 Å².